The summed E-state index contributed by atoms with van der Waals surface area (Å²) in [4.78, 5) is 2.31. The highest BCUT2D eigenvalue weighted by Gasteiger charge is 2.23. The normalized spacial score (nSPS) is 15.3. The lowest BCUT2D eigenvalue weighted by Gasteiger charge is -2.31. The van der Waals surface area contributed by atoms with Gasteiger partial charge in [-0.25, -0.2) is 0 Å². The fraction of sp³-hybridized carbons (Fsp3) is 0.455. The van der Waals surface area contributed by atoms with Crippen LogP contribution in [0.4, 0.5) is 5.69 Å². The highest BCUT2D eigenvalue weighted by Crippen LogP contribution is 2.38. The van der Waals surface area contributed by atoms with E-state index in [2.05, 4.69) is 86.6 Å². The predicted octanol–water partition coefficient (Wildman–Crippen LogP) is 6.83. The highest BCUT2D eigenvalue weighted by molar-refractivity contribution is 5.57. The summed E-state index contributed by atoms with van der Waals surface area (Å²) in [5.74, 6) is 2.62. The van der Waals surface area contributed by atoms with E-state index >= 15 is 0 Å². The Morgan fingerprint density at radius 1 is 0.974 bits per heavy atom. The third-order valence-corrected chi connectivity index (χ3v) is 7.84. The first-order valence-corrected chi connectivity index (χ1v) is 13.9. The predicted molar refractivity (Wildman–Crippen MR) is 157 cm³/mol. The molecule has 1 unspecified atom stereocenters. The molecule has 0 aliphatic heterocycles. The lowest BCUT2D eigenvalue weighted by atomic mass is 9.79. The molecule has 2 N–H and O–H groups in total. The Kier molecular flexibility index (Phi) is 9.22. The van der Waals surface area contributed by atoms with E-state index in [0.29, 0.717) is 18.3 Å². The van der Waals surface area contributed by atoms with Crippen LogP contribution in [0.15, 0.2) is 60.7 Å². The number of anilines is 1. The van der Waals surface area contributed by atoms with E-state index in [9.17, 15) is 5.11 Å². The van der Waals surface area contributed by atoms with Crippen LogP contribution in [0.25, 0.3) is 0 Å². The average Bonchev–Trinajstić information content (AvgIpc) is 2.91. The standard InChI is InChI=1S/C33H44N2O3/c1-33(2,3)35(4)19-20-38-29-14-8-24(9-15-29)7-6-18-34-32-23-30(37-5)16-17-31(32)27-11-10-26-22-28(36)13-12-25(26)21-27/h8-9,12-17,22-23,27,34,36H,6-7,10-11,18-21H2,1-5H3. The summed E-state index contributed by atoms with van der Waals surface area (Å²) < 4.78 is 11.5. The van der Waals surface area contributed by atoms with Crippen LogP contribution in [0.5, 0.6) is 17.2 Å². The summed E-state index contributed by atoms with van der Waals surface area (Å²) in [6.07, 6.45) is 5.13. The number of methoxy groups -OCH3 is 1. The molecule has 0 spiro atoms. The van der Waals surface area contributed by atoms with Crippen LogP contribution in [0, 0.1) is 0 Å². The summed E-state index contributed by atoms with van der Waals surface area (Å²) >= 11 is 0. The van der Waals surface area contributed by atoms with Gasteiger partial charge in [0.05, 0.1) is 7.11 Å². The van der Waals surface area contributed by atoms with Gasteiger partial charge in [0.15, 0.2) is 0 Å². The molecule has 5 heteroatoms. The first kappa shape index (κ1) is 27.8. The van der Waals surface area contributed by atoms with E-state index < -0.39 is 0 Å². The largest absolute Gasteiger partial charge is 0.508 e. The highest BCUT2D eigenvalue weighted by atomic mass is 16.5. The number of hydrogen-bond acceptors (Lipinski definition) is 5. The number of rotatable bonds is 11. The topological polar surface area (TPSA) is 54.0 Å². The lowest BCUT2D eigenvalue weighted by molar-refractivity contribution is 0.144. The van der Waals surface area contributed by atoms with Crippen LogP contribution in [0.2, 0.25) is 0 Å². The number of likely N-dealkylation sites (N-methyl/N-ethyl adjacent to an activating group) is 1. The molecule has 4 rings (SSSR count). The molecule has 1 aliphatic rings. The zero-order chi connectivity index (χ0) is 27.1. The second-order valence-electron chi connectivity index (χ2n) is 11.5. The number of nitrogens with one attached hydrogen (secondary N) is 1. The van der Waals surface area contributed by atoms with Crippen LogP contribution in [-0.2, 0) is 19.3 Å². The van der Waals surface area contributed by atoms with E-state index in [0.717, 1.165) is 56.7 Å². The Hall–Kier alpha value is -3.18. The van der Waals surface area contributed by atoms with E-state index in [1.807, 2.05) is 6.07 Å². The van der Waals surface area contributed by atoms with Gasteiger partial charge in [-0.1, -0.05) is 24.3 Å². The van der Waals surface area contributed by atoms with Gasteiger partial charge in [-0.15, -0.1) is 0 Å². The molecule has 0 heterocycles. The van der Waals surface area contributed by atoms with Crippen molar-refractivity contribution >= 4 is 5.69 Å². The number of aromatic hydroxyl groups is 1. The van der Waals surface area contributed by atoms with Crippen molar-refractivity contribution in [2.45, 2.75) is 64.3 Å². The van der Waals surface area contributed by atoms with Gasteiger partial charge in [0.1, 0.15) is 23.9 Å². The second kappa shape index (κ2) is 12.6. The number of phenols is 1. The van der Waals surface area contributed by atoms with Crippen molar-refractivity contribution in [2.24, 2.45) is 0 Å². The van der Waals surface area contributed by atoms with Gasteiger partial charge in [-0.2, -0.15) is 0 Å². The monoisotopic (exact) mass is 516 g/mol. The number of aryl methyl sites for hydroxylation is 2. The van der Waals surface area contributed by atoms with E-state index in [4.69, 9.17) is 9.47 Å². The van der Waals surface area contributed by atoms with Gasteiger partial charge < -0.3 is 19.9 Å². The summed E-state index contributed by atoms with van der Waals surface area (Å²) in [5.41, 5.74) is 6.61. The fourth-order valence-corrected chi connectivity index (χ4v) is 5.08. The summed E-state index contributed by atoms with van der Waals surface area (Å²) in [6, 6.07) is 20.7. The van der Waals surface area contributed by atoms with Gasteiger partial charge in [0, 0.05) is 30.4 Å². The third-order valence-electron chi connectivity index (χ3n) is 7.84. The molecule has 0 bridgehead atoms. The minimum atomic E-state index is 0.152. The Morgan fingerprint density at radius 2 is 1.74 bits per heavy atom. The van der Waals surface area contributed by atoms with Crippen molar-refractivity contribution in [3.05, 3.63) is 82.9 Å². The van der Waals surface area contributed by atoms with Crippen LogP contribution in [-0.4, -0.2) is 49.4 Å². The molecule has 0 amide bonds. The molecule has 0 fully saturated rings. The molecule has 1 aliphatic carbocycles. The van der Waals surface area contributed by atoms with Crippen molar-refractivity contribution in [2.75, 3.05) is 39.2 Å². The Bertz CT molecular complexity index is 1180. The first-order valence-electron chi connectivity index (χ1n) is 13.9. The number of benzene rings is 3. The SMILES string of the molecule is COc1ccc(C2CCc3cc(O)ccc3C2)c(NCCCc2ccc(OCCN(C)C(C)(C)C)cc2)c1. The molecule has 204 valence electrons. The van der Waals surface area contributed by atoms with Crippen molar-refractivity contribution in [1.29, 1.82) is 0 Å². The van der Waals surface area contributed by atoms with Gasteiger partial charge in [-0.05, 0) is 118 Å². The van der Waals surface area contributed by atoms with Crippen LogP contribution in [0.3, 0.4) is 0 Å². The third kappa shape index (κ3) is 7.44. The van der Waals surface area contributed by atoms with E-state index in [1.54, 1.807) is 13.2 Å². The van der Waals surface area contributed by atoms with Crippen molar-refractivity contribution < 1.29 is 14.6 Å². The van der Waals surface area contributed by atoms with Crippen molar-refractivity contribution in [3.8, 4) is 17.2 Å². The zero-order valence-electron chi connectivity index (χ0n) is 23.7. The molecule has 0 saturated heterocycles. The second-order valence-corrected chi connectivity index (χ2v) is 11.5. The molecular weight excluding hydrogens is 472 g/mol. The number of ether oxygens (including phenoxy) is 2. The fourth-order valence-electron chi connectivity index (χ4n) is 5.08. The summed E-state index contributed by atoms with van der Waals surface area (Å²) in [6.45, 7) is 9.14. The molecule has 0 saturated carbocycles. The van der Waals surface area contributed by atoms with E-state index in [1.165, 1.54) is 27.9 Å². The molecule has 0 aromatic heterocycles. The number of phenolic OH excluding ortho intramolecular Hbond substituents is 1. The minimum Gasteiger partial charge on any atom is -0.508 e. The number of fused-ring (bicyclic) bond motifs is 1. The minimum absolute atomic E-state index is 0.152. The van der Waals surface area contributed by atoms with Crippen molar-refractivity contribution in [3.63, 3.8) is 0 Å². The molecule has 3 aromatic rings. The van der Waals surface area contributed by atoms with Gasteiger partial charge in [-0.3, -0.25) is 4.90 Å². The van der Waals surface area contributed by atoms with E-state index in [-0.39, 0.29) is 5.54 Å². The van der Waals surface area contributed by atoms with Crippen molar-refractivity contribution in [1.82, 2.24) is 4.90 Å². The maximum absolute atomic E-state index is 9.83. The van der Waals surface area contributed by atoms with Gasteiger partial charge in [0.25, 0.3) is 0 Å². The maximum atomic E-state index is 9.83. The average molecular weight is 517 g/mol. The molecule has 1 atom stereocenters. The van der Waals surface area contributed by atoms with Crippen LogP contribution < -0.4 is 14.8 Å². The lowest BCUT2D eigenvalue weighted by Crippen LogP contribution is -2.40. The molecule has 5 nitrogen and oxygen atoms in total. The smallest absolute Gasteiger partial charge is 0.120 e. The quantitative estimate of drug-likeness (QED) is 0.274. The summed E-state index contributed by atoms with van der Waals surface area (Å²) in [5, 5.41) is 13.5. The Labute approximate surface area is 228 Å². The van der Waals surface area contributed by atoms with Gasteiger partial charge >= 0.3 is 0 Å². The maximum Gasteiger partial charge on any atom is 0.120 e. The van der Waals surface area contributed by atoms with Crippen LogP contribution in [0.1, 0.15) is 61.8 Å². The van der Waals surface area contributed by atoms with Gasteiger partial charge in [0.2, 0.25) is 0 Å². The molecule has 0 radical (unpaired) electrons. The molecule has 3 aromatic carbocycles. The zero-order valence-corrected chi connectivity index (χ0v) is 23.7. The number of hydrogen-bond donors (Lipinski definition) is 2. The molecule has 38 heavy (non-hydrogen) atoms. The Balaban J connectivity index is 1.29. The first-order chi connectivity index (χ1) is 18.2. The summed E-state index contributed by atoms with van der Waals surface area (Å²) in [7, 11) is 3.86. The molecular formula is C33H44N2O3. The number of nitrogens with zero attached hydrogens (tertiary/aromatic N) is 1. The Morgan fingerprint density at radius 3 is 2.47 bits per heavy atom. The van der Waals surface area contributed by atoms with Crippen LogP contribution >= 0.6 is 0 Å².